The first kappa shape index (κ1) is 17.6. The Morgan fingerprint density at radius 1 is 1.25 bits per heavy atom. The number of nitrogens with zero attached hydrogens (tertiary/aromatic N) is 3. The fourth-order valence-corrected chi connectivity index (χ4v) is 1.96. The van der Waals surface area contributed by atoms with E-state index in [1.807, 2.05) is 0 Å². The molecule has 6 nitrogen and oxygen atoms in total. The Labute approximate surface area is 131 Å². The van der Waals surface area contributed by atoms with Crippen molar-refractivity contribution in [1.29, 1.82) is 0 Å². The van der Waals surface area contributed by atoms with Crippen molar-refractivity contribution < 1.29 is 26.7 Å². The average molecular weight is 350 g/mol. The Kier molecular flexibility index (Phi) is 4.71. The van der Waals surface area contributed by atoms with Gasteiger partial charge in [0.2, 0.25) is 5.82 Å². The van der Waals surface area contributed by atoms with Gasteiger partial charge < -0.3 is 5.32 Å². The monoisotopic (exact) mass is 350 g/mol. The summed E-state index contributed by atoms with van der Waals surface area (Å²) in [6, 6.07) is 2.85. The lowest BCUT2D eigenvalue weighted by molar-refractivity contribution is -0.147. The van der Waals surface area contributed by atoms with E-state index in [4.69, 9.17) is 0 Å². The van der Waals surface area contributed by atoms with E-state index < -0.39 is 47.3 Å². The van der Waals surface area contributed by atoms with Crippen molar-refractivity contribution in [2.24, 2.45) is 7.05 Å². The number of hydrogen-bond acceptors (Lipinski definition) is 3. The normalized spacial score (nSPS) is 11.6. The Morgan fingerprint density at radius 3 is 2.33 bits per heavy atom. The molecule has 0 aliphatic rings. The van der Waals surface area contributed by atoms with Crippen LogP contribution in [0, 0.1) is 11.6 Å². The first-order chi connectivity index (χ1) is 11.1. The van der Waals surface area contributed by atoms with Gasteiger partial charge in [-0.15, -0.1) is 5.10 Å². The van der Waals surface area contributed by atoms with Crippen LogP contribution in [0.2, 0.25) is 0 Å². The van der Waals surface area contributed by atoms with Crippen molar-refractivity contribution in [1.82, 2.24) is 19.7 Å². The van der Waals surface area contributed by atoms with Crippen LogP contribution in [0.25, 0.3) is 0 Å². The lowest BCUT2D eigenvalue weighted by Gasteiger charge is -2.06. The zero-order chi connectivity index (χ0) is 18.1. The summed E-state index contributed by atoms with van der Waals surface area (Å²) >= 11 is 0. The fourth-order valence-electron chi connectivity index (χ4n) is 1.96. The summed E-state index contributed by atoms with van der Waals surface area (Å²) in [7, 11) is 0.905. The molecule has 2 rings (SSSR count). The maximum atomic E-state index is 13.4. The Hall–Kier alpha value is -2.72. The molecule has 130 valence electrons. The van der Waals surface area contributed by atoms with E-state index in [0.717, 1.165) is 25.2 Å². The topological polar surface area (TPSA) is 68.9 Å². The van der Waals surface area contributed by atoms with Crippen molar-refractivity contribution in [3.05, 3.63) is 51.7 Å². The molecule has 11 heteroatoms. The summed E-state index contributed by atoms with van der Waals surface area (Å²) in [5, 5.41) is 5.24. The zero-order valence-corrected chi connectivity index (χ0v) is 12.2. The third kappa shape index (κ3) is 3.44. The van der Waals surface area contributed by atoms with Gasteiger partial charge in [0.1, 0.15) is 17.2 Å². The maximum absolute atomic E-state index is 13.4. The second kappa shape index (κ2) is 6.42. The smallest absolute Gasteiger partial charge is 0.350 e. The minimum Gasteiger partial charge on any atom is -0.350 e. The number of halogens is 5. The van der Waals surface area contributed by atoms with Crippen LogP contribution < -0.4 is 11.0 Å². The van der Waals surface area contributed by atoms with Gasteiger partial charge in [0.15, 0.2) is 0 Å². The molecule has 1 aromatic heterocycles. The van der Waals surface area contributed by atoms with E-state index in [0.29, 0.717) is 9.25 Å². The van der Waals surface area contributed by atoms with E-state index in [1.54, 1.807) is 0 Å². The quantitative estimate of drug-likeness (QED) is 0.846. The lowest BCUT2D eigenvalue weighted by Crippen LogP contribution is -2.32. The highest BCUT2D eigenvalue weighted by atomic mass is 19.4. The Bertz CT molecular complexity index is 804. The van der Waals surface area contributed by atoms with Gasteiger partial charge >= 0.3 is 11.9 Å². The van der Waals surface area contributed by atoms with E-state index >= 15 is 0 Å². The molecule has 1 N–H and O–H groups in total. The number of nitrogens with one attached hydrogen (secondary N) is 1. The fraction of sp³-hybridized carbons (Fsp3) is 0.308. The molecule has 2 aromatic rings. The number of aromatic nitrogens is 3. The van der Waals surface area contributed by atoms with Crippen LogP contribution in [-0.2, 0) is 19.8 Å². The van der Waals surface area contributed by atoms with Gasteiger partial charge in [-0.3, -0.25) is 9.36 Å². The number of benzene rings is 1. The molecule has 0 unspecified atom stereocenters. The van der Waals surface area contributed by atoms with Crippen LogP contribution in [-0.4, -0.2) is 26.8 Å². The highest BCUT2D eigenvalue weighted by Crippen LogP contribution is 2.25. The molecule has 1 aromatic carbocycles. The van der Waals surface area contributed by atoms with E-state index in [-0.39, 0.29) is 6.54 Å². The highest BCUT2D eigenvalue weighted by Gasteiger charge is 2.37. The number of alkyl halides is 3. The zero-order valence-electron chi connectivity index (χ0n) is 12.2. The number of amides is 1. The van der Waals surface area contributed by atoms with Crippen molar-refractivity contribution >= 4 is 5.91 Å². The molecule has 0 bridgehead atoms. The maximum Gasteiger partial charge on any atom is 0.451 e. The van der Waals surface area contributed by atoms with Crippen molar-refractivity contribution in [3.63, 3.8) is 0 Å². The largest absolute Gasteiger partial charge is 0.451 e. The molecule has 24 heavy (non-hydrogen) atoms. The van der Waals surface area contributed by atoms with Crippen LogP contribution in [0.15, 0.2) is 23.0 Å². The van der Waals surface area contributed by atoms with E-state index in [2.05, 4.69) is 10.4 Å². The van der Waals surface area contributed by atoms with Gasteiger partial charge in [-0.05, 0) is 12.1 Å². The predicted molar refractivity (Wildman–Crippen MR) is 71.2 cm³/mol. The van der Waals surface area contributed by atoms with Crippen molar-refractivity contribution in [2.45, 2.75) is 12.7 Å². The molecule has 1 amide bonds. The van der Waals surface area contributed by atoms with Crippen LogP contribution in [0.1, 0.15) is 16.2 Å². The van der Waals surface area contributed by atoms with Crippen molar-refractivity contribution in [2.75, 3.05) is 6.54 Å². The molecule has 0 aliphatic carbocycles. The number of rotatable bonds is 4. The molecule has 1 heterocycles. The van der Waals surface area contributed by atoms with Gasteiger partial charge in [-0.2, -0.15) is 13.2 Å². The summed E-state index contributed by atoms with van der Waals surface area (Å²) in [5.41, 5.74) is -1.85. The second-order valence-corrected chi connectivity index (χ2v) is 4.74. The summed E-state index contributed by atoms with van der Waals surface area (Å²) < 4.78 is 65.5. The van der Waals surface area contributed by atoms with Crippen LogP contribution in [0.4, 0.5) is 22.0 Å². The third-order valence-electron chi connectivity index (χ3n) is 3.09. The van der Waals surface area contributed by atoms with E-state index in [1.165, 1.54) is 0 Å². The summed E-state index contributed by atoms with van der Waals surface area (Å²) in [4.78, 5) is 23.3. The van der Waals surface area contributed by atoms with Crippen molar-refractivity contribution in [3.8, 4) is 0 Å². The van der Waals surface area contributed by atoms with Crippen LogP contribution in [0.3, 0.4) is 0 Å². The van der Waals surface area contributed by atoms with Crippen LogP contribution in [0.5, 0.6) is 0 Å². The van der Waals surface area contributed by atoms with Gasteiger partial charge in [-0.25, -0.2) is 18.3 Å². The summed E-state index contributed by atoms with van der Waals surface area (Å²) in [6.07, 6.45) is -4.81. The molecule has 0 radical (unpaired) electrons. The average Bonchev–Trinajstić information content (AvgIpc) is 2.75. The second-order valence-electron chi connectivity index (χ2n) is 4.74. The molecule has 0 saturated carbocycles. The molecule has 0 aliphatic heterocycles. The third-order valence-corrected chi connectivity index (χ3v) is 3.09. The highest BCUT2D eigenvalue weighted by molar-refractivity contribution is 5.94. The molecule has 0 spiro atoms. The summed E-state index contributed by atoms with van der Waals surface area (Å²) in [5.74, 6) is -4.65. The first-order valence-corrected chi connectivity index (χ1v) is 6.56. The number of carbonyl (C=O) groups excluding carboxylic acids is 1. The minimum absolute atomic E-state index is 0.318. The molecule has 0 fully saturated rings. The van der Waals surface area contributed by atoms with Crippen LogP contribution >= 0.6 is 0 Å². The number of hydrogen-bond donors (Lipinski definition) is 1. The van der Waals surface area contributed by atoms with Gasteiger partial charge in [0.05, 0.1) is 6.54 Å². The van der Waals surface area contributed by atoms with Gasteiger partial charge in [-0.1, -0.05) is 6.07 Å². The SMILES string of the molecule is Cn1c(C(F)(F)F)nn(CCNC(=O)c2c(F)cccc2F)c1=O. The minimum atomic E-state index is -4.81. The van der Waals surface area contributed by atoms with E-state index in [9.17, 15) is 31.5 Å². The Morgan fingerprint density at radius 2 is 1.83 bits per heavy atom. The molecule has 0 saturated heterocycles. The summed E-state index contributed by atoms with van der Waals surface area (Å²) in [6.45, 7) is -0.745. The molecular weight excluding hydrogens is 339 g/mol. The van der Waals surface area contributed by atoms with Gasteiger partial charge in [0, 0.05) is 13.6 Å². The first-order valence-electron chi connectivity index (χ1n) is 6.56. The predicted octanol–water partition coefficient (Wildman–Crippen LogP) is 1.31. The lowest BCUT2D eigenvalue weighted by atomic mass is 10.2. The Balaban J connectivity index is 2.08. The van der Waals surface area contributed by atoms with Gasteiger partial charge in [0.25, 0.3) is 5.91 Å². The standard InChI is InChI=1S/C13H11F5N4O2/c1-21-11(13(16,17)18)20-22(12(21)24)6-5-19-10(23)9-7(14)3-2-4-8(9)15/h2-4H,5-6H2,1H3,(H,19,23). The number of carbonyl (C=O) groups is 1. The molecular formula is C13H11F5N4O2. The molecule has 0 atom stereocenters.